The number of rotatable bonds is 10. The summed E-state index contributed by atoms with van der Waals surface area (Å²) >= 11 is 0. The fourth-order valence-corrected chi connectivity index (χ4v) is 4.70. The molecule has 9 heteroatoms. The van der Waals surface area contributed by atoms with E-state index in [0.29, 0.717) is 45.3 Å². The first-order valence-electron chi connectivity index (χ1n) is 9.36. The Labute approximate surface area is 160 Å². The van der Waals surface area contributed by atoms with Crippen LogP contribution in [0.1, 0.15) is 44.1 Å². The van der Waals surface area contributed by atoms with E-state index in [0.717, 1.165) is 24.8 Å². The zero-order valence-electron chi connectivity index (χ0n) is 15.4. The van der Waals surface area contributed by atoms with Crippen molar-refractivity contribution in [1.29, 1.82) is 0 Å². The number of unbranched alkanes of at least 4 members (excludes halogenated alkanes) is 1. The summed E-state index contributed by atoms with van der Waals surface area (Å²) in [6.45, 7) is 1.68. The Hall–Kier alpha value is -2.00. The lowest BCUT2D eigenvalue weighted by molar-refractivity contribution is -0.384. The topological polar surface area (TPSA) is 110 Å². The average Bonchev–Trinajstić information content (AvgIpc) is 2.66. The van der Waals surface area contributed by atoms with Crippen LogP contribution in [0.2, 0.25) is 0 Å². The molecule has 1 amide bonds. The Kier molecular flexibility index (Phi) is 8.18. The van der Waals surface area contributed by atoms with Crippen LogP contribution in [-0.2, 0) is 21.2 Å². The summed E-state index contributed by atoms with van der Waals surface area (Å²) in [4.78, 5) is 22.0. The number of hydrogen-bond donors (Lipinski definition) is 1. The normalized spacial score (nSPS) is 15.4. The van der Waals surface area contributed by atoms with Crippen LogP contribution in [0.4, 0.5) is 5.69 Å². The summed E-state index contributed by atoms with van der Waals surface area (Å²) in [5, 5.41) is 13.4. The minimum atomic E-state index is -3.19. The quantitative estimate of drug-likeness (QED) is 0.370. The van der Waals surface area contributed by atoms with Gasteiger partial charge in [0.2, 0.25) is 15.9 Å². The minimum Gasteiger partial charge on any atom is -0.356 e. The van der Waals surface area contributed by atoms with E-state index < -0.39 is 14.9 Å². The molecule has 0 radical (unpaired) electrons. The molecule has 1 fully saturated rings. The van der Waals surface area contributed by atoms with E-state index in [4.69, 9.17) is 0 Å². The second-order valence-electron chi connectivity index (χ2n) is 6.76. The number of amides is 1. The smallest absolute Gasteiger partial charge is 0.269 e. The van der Waals surface area contributed by atoms with Crippen molar-refractivity contribution in [3.05, 3.63) is 39.9 Å². The molecule has 1 aromatic carbocycles. The number of piperidine rings is 1. The van der Waals surface area contributed by atoms with E-state index in [2.05, 4.69) is 5.32 Å². The molecule has 1 aliphatic rings. The maximum absolute atomic E-state index is 12.2. The van der Waals surface area contributed by atoms with Crippen LogP contribution in [0, 0.1) is 10.1 Å². The standard InChI is InChI=1S/C18H27N3O5S/c22-18(19-12-11-16-7-9-17(10-8-16)21(23)24)6-2-5-15-27(25,26)20-13-3-1-4-14-20/h7-10H,1-6,11-15H2,(H,19,22). The van der Waals surface area contributed by atoms with Gasteiger partial charge in [-0.15, -0.1) is 0 Å². The molecule has 1 aromatic rings. The van der Waals surface area contributed by atoms with Crippen LogP contribution in [0.25, 0.3) is 0 Å². The molecule has 8 nitrogen and oxygen atoms in total. The maximum atomic E-state index is 12.2. The third kappa shape index (κ3) is 7.26. The molecule has 0 aromatic heterocycles. The summed E-state index contributed by atoms with van der Waals surface area (Å²) in [5.41, 5.74) is 0.954. The Morgan fingerprint density at radius 3 is 2.41 bits per heavy atom. The summed E-state index contributed by atoms with van der Waals surface area (Å²) in [6.07, 6.45) is 4.85. The number of nitro benzene ring substituents is 1. The molecular formula is C18H27N3O5S. The highest BCUT2D eigenvalue weighted by Crippen LogP contribution is 2.15. The molecular weight excluding hydrogens is 370 g/mol. The van der Waals surface area contributed by atoms with E-state index in [9.17, 15) is 23.3 Å². The minimum absolute atomic E-state index is 0.0438. The first-order valence-corrected chi connectivity index (χ1v) is 11.0. The van der Waals surface area contributed by atoms with E-state index in [-0.39, 0.29) is 17.3 Å². The van der Waals surface area contributed by atoms with Crippen molar-refractivity contribution in [3.8, 4) is 0 Å². The SMILES string of the molecule is O=C(CCCCS(=O)(=O)N1CCCCC1)NCCc1ccc([N+](=O)[O-])cc1. The number of sulfonamides is 1. The zero-order chi connectivity index (χ0) is 19.7. The Balaban J connectivity index is 1.60. The molecule has 1 aliphatic heterocycles. The molecule has 1 heterocycles. The van der Waals surface area contributed by atoms with Gasteiger partial charge in [0.25, 0.3) is 5.69 Å². The highest BCUT2D eigenvalue weighted by atomic mass is 32.2. The molecule has 0 bridgehead atoms. The van der Waals surface area contributed by atoms with Gasteiger partial charge in [-0.3, -0.25) is 14.9 Å². The predicted octanol–water partition coefficient (Wildman–Crippen LogP) is 2.24. The molecule has 0 unspecified atom stereocenters. The monoisotopic (exact) mass is 397 g/mol. The second kappa shape index (κ2) is 10.4. The van der Waals surface area contributed by atoms with Crippen molar-refractivity contribution in [3.63, 3.8) is 0 Å². The van der Waals surface area contributed by atoms with Gasteiger partial charge >= 0.3 is 0 Å². The Morgan fingerprint density at radius 1 is 1.11 bits per heavy atom. The van der Waals surface area contributed by atoms with Gasteiger partial charge in [0, 0.05) is 38.2 Å². The van der Waals surface area contributed by atoms with Crippen LogP contribution in [0.15, 0.2) is 24.3 Å². The van der Waals surface area contributed by atoms with Crippen LogP contribution in [-0.4, -0.2) is 48.9 Å². The number of hydrogen-bond acceptors (Lipinski definition) is 5. The van der Waals surface area contributed by atoms with E-state index in [1.807, 2.05) is 0 Å². The third-order valence-electron chi connectivity index (χ3n) is 4.65. The lowest BCUT2D eigenvalue weighted by atomic mass is 10.1. The van der Waals surface area contributed by atoms with Gasteiger partial charge in [-0.05, 0) is 37.7 Å². The number of non-ortho nitro benzene ring substituents is 1. The number of nitrogens with zero attached hydrogens (tertiary/aromatic N) is 2. The molecule has 150 valence electrons. The largest absolute Gasteiger partial charge is 0.356 e. The van der Waals surface area contributed by atoms with E-state index in [1.54, 1.807) is 16.4 Å². The first kappa shape index (κ1) is 21.3. The van der Waals surface area contributed by atoms with E-state index in [1.165, 1.54) is 12.1 Å². The lowest BCUT2D eigenvalue weighted by Gasteiger charge is -2.25. The van der Waals surface area contributed by atoms with Gasteiger partial charge in [-0.1, -0.05) is 18.6 Å². The highest BCUT2D eigenvalue weighted by molar-refractivity contribution is 7.89. The molecule has 0 atom stereocenters. The molecule has 2 rings (SSSR count). The average molecular weight is 397 g/mol. The molecule has 1 N–H and O–H groups in total. The first-order chi connectivity index (χ1) is 12.9. The second-order valence-corrected chi connectivity index (χ2v) is 8.84. The fourth-order valence-electron chi connectivity index (χ4n) is 3.06. The van der Waals surface area contributed by atoms with Gasteiger partial charge in [0.15, 0.2) is 0 Å². The van der Waals surface area contributed by atoms with Gasteiger partial charge in [0.1, 0.15) is 0 Å². The van der Waals surface area contributed by atoms with Crippen molar-refractivity contribution >= 4 is 21.6 Å². The Bertz CT molecular complexity index is 728. The van der Waals surface area contributed by atoms with Crippen LogP contribution < -0.4 is 5.32 Å². The molecule has 0 spiro atoms. The zero-order valence-corrected chi connectivity index (χ0v) is 16.2. The Morgan fingerprint density at radius 2 is 1.78 bits per heavy atom. The summed E-state index contributed by atoms with van der Waals surface area (Å²) < 4.78 is 26.0. The van der Waals surface area contributed by atoms with Gasteiger partial charge in [0.05, 0.1) is 10.7 Å². The van der Waals surface area contributed by atoms with Crippen molar-refractivity contribution in [1.82, 2.24) is 9.62 Å². The molecule has 0 saturated carbocycles. The maximum Gasteiger partial charge on any atom is 0.269 e. The van der Waals surface area contributed by atoms with Crippen molar-refractivity contribution in [2.24, 2.45) is 0 Å². The summed E-state index contributed by atoms with van der Waals surface area (Å²) in [5.74, 6) is -0.00410. The van der Waals surface area contributed by atoms with E-state index >= 15 is 0 Å². The number of carbonyl (C=O) groups excluding carboxylic acids is 1. The molecule has 1 saturated heterocycles. The fraction of sp³-hybridized carbons (Fsp3) is 0.611. The lowest BCUT2D eigenvalue weighted by Crippen LogP contribution is -2.37. The van der Waals surface area contributed by atoms with Crippen LogP contribution in [0.3, 0.4) is 0 Å². The van der Waals surface area contributed by atoms with Gasteiger partial charge in [-0.25, -0.2) is 12.7 Å². The predicted molar refractivity (Wildman–Crippen MR) is 103 cm³/mol. The summed E-state index contributed by atoms with van der Waals surface area (Å²) in [6, 6.07) is 6.24. The van der Waals surface area contributed by atoms with Gasteiger partial charge < -0.3 is 5.32 Å². The van der Waals surface area contributed by atoms with Gasteiger partial charge in [-0.2, -0.15) is 0 Å². The number of nitrogens with one attached hydrogen (secondary N) is 1. The van der Waals surface area contributed by atoms with Crippen molar-refractivity contribution < 1.29 is 18.1 Å². The molecule has 27 heavy (non-hydrogen) atoms. The van der Waals surface area contributed by atoms with Crippen molar-refractivity contribution in [2.45, 2.75) is 44.9 Å². The van der Waals surface area contributed by atoms with Crippen LogP contribution >= 0.6 is 0 Å². The molecule has 0 aliphatic carbocycles. The highest BCUT2D eigenvalue weighted by Gasteiger charge is 2.23. The third-order valence-corrected chi connectivity index (χ3v) is 6.60. The number of nitro groups is 1. The number of benzene rings is 1. The van der Waals surface area contributed by atoms with Crippen LogP contribution in [0.5, 0.6) is 0 Å². The number of carbonyl (C=O) groups is 1. The summed E-state index contributed by atoms with van der Waals surface area (Å²) in [7, 11) is -3.19. The van der Waals surface area contributed by atoms with Crippen molar-refractivity contribution in [2.75, 3.05) is 25.4 Å².